The molecule has 3 rings (SSSR count). The monoisotopic (exact) mass is 533 g/mol. The minimum absolute atomic E-state index is 0.171. The van der Waals surface area contributed by atoms with Gasteiger partial charge in [-0.15, -0.1) is 0 Å². The van der Waals surface area contributed by atoms with Gasteiger partial charge in [-0.05, 0) is 26.7 Å². The lowest BCUT2D eigenvalue weighted by Crippen LogP contribution is -2.50. The number of carbonyl (C=O) groups excluding carboxylic acids is 5. The maximum absolute atomic E-state index is 13.2. The number of aliphatic hydroxyl groups is 1. The zero-order chi connectivity index (χ0) is 28.6. The molecular formula is C26H39N5O7. The lowest BCUT2D eigenvalue weighted by Gasteiger charge is -2.40. The van der Waals surface area contributed by atoms with E-state index < -0.39 is 40.4 Å². The number of nitrogens with zero attached hydrogens (tertiary/aromatic N) is 2. The highest BCUT2D eigenvalue weighted by Crippen LogP contribution is 2.65. The van der Waals surface area contributed by atoms with Gasteiger partial charge >= 0.3 is 6.09 Å². The Labute approximate surface area is 222 Å². The van der Waals surface area contributed by atoms with Gasteiger partial charge in [0.05, 0.1) is 19.6 Å². The largest absolute Gasteiger partial charge is 0.440 e. The molecule has 0 aliphatic heterocycles. The van der Waals surface area contributed by atoms with Crippen LogP contribution in [0.4, 0.5) is 4.79 Å². The summed E-state index contributed by atoms with van der Waals surface area (Å²) in [4.78, 5) is 64.1. The van der Waals surface area contributed by atoms with Gasteiger partial charge in [-0.2, -0.15) is 0 Å². The molecule has 4 amide bonds. The van der Waals surface area contributed by atoms with Crippen molar-refractivity contribution in [1.29, 1.82) is 0 Å². The van der Waals surface area contributed by atoms with Crippen molar-refractivity contribution in [2.75, 3.05) is 46.8 Å². The molecule has 210 valence electrons. The summed E-state index contributed by atoms with van der Waals surface area (Å²) in [6.45, 7) is 6.84. The topological polar surface area (TPSA) is 171 Å². The summed E-state index contributed by atoms with van der Waals surface area (Å²) in [6, 6.07) is 0. The van der Waals surface area contributed by atoms with E-state index in [1.165, 1.54) is 9.80 Å². The van der Waals surface area contributed by atoms with Crippen LogP contribution in [0.25, 0.3) is 0 Å². The molecule has 0 bridgehead atoms. The Hall–Kier alpha value is -3.25. The fourth-order valence-corrected chi connectivity index (χ4v) is 5.25. The van der Waals surface area contributed by atoms with Crippen LogP contribution < -0.4 is 16.4 Å². The highest BCUT2D eigenvalue weighted by molar-refractivity contribution is 6.09. The predicted octanol–water partition coefficient (Wildman–Crippen LogP) is -0.530. The Morgan fingerprint density at radius 2 is 1.63 bits per heavy atom. The van der Waals surface area contributed by atoms with E-state index in [4.69, 9.17) is 10.5 Å². The normalized spacial score (nSPS) is 24.4. The van der Waals surface area contributed by atoms with Crippen LogP contribution in [-0.4, -0.2) is 103 Å². The maximum Gasteiger partial charge on any atom is 0.410 e. The molecule has 0 saturated heterocycles. The fraction of sp³-hybridized carbons (Fsp3) is 0.654. The third kappa shape index (κ3) is 5.32. The lowest BCUT2D eigenvalue weighted by atomic mass is 9.67. The average Bonchev–Trinajstić information content (AvgIpc) is 3.64. The number of nitrogens with two attached hydrogens (primary N) is 1. The van der Waals surface area contributed by atoms with Crippen LogP contribution in [0.5, 0.6) is 0 Å². The van der Waals surface area contributed by atoms with Crippen LogP contribution >= 0.6 is 0 Å². The van der Waals surface area contributed by atoms with Crippen LogP contribution in [0.1, 0.15) is 40.5 Å². The molecule has 0 aromatic heterocycles. The summed E-state index contributed by atoms with van der Waals surface area (Å²) in [5.41, 5.74) is 4.43. The Balaban J connectivity index is 1.56. The lowest BCUT2D eigenvalue weighted by molar-refractivity contribution is -0.138. The smallest absolute Gasteiger partial charge is 0.410 e. The molecule has 0 unspecified atom stereocenters. The van der Waals surface area contributed by atoms with E-state index in [9.17, 15) is 29.1 Å². The number of Topliss-reactive ketones (excluding diaryl/α,β-unsaturated/α-hetero) is 1. The second kappa shape index (κ2) is 10.5. The molecule has 0 radical (unpaired) electrons. The van der Waals surface area contributed by atoms with Gasteiger partial charge in [0.15, 0.2) is 5.78 Å². The molecule has 3 aliphatic rings. The molecule has 2 atom stereocenters. The number of ether oxygens (including phenoxy) is 1. The Morgan fingerprint density at radius 1 is 1.05 bits per heavy atom. The van der Waals surface area contributed by atoms with E-state index in [1.807, 2.05) is 20.8 Å². The number of likely N-dealkylation sites (N-methyl/N-ethyl adjacent to an activating group) is 2. The summed E-state index contributed by atoms with van der Waals surface area (Å²) in [7, 11) is 3.10. The van der Waals surface area contributed by atoms with Crippen LogP contribution in [-0.2, 0) is 23.9 Å². The summed E-state index contributed by atoms with van der Waals surface area (Å²) in [5.74, 6) is -1.71. The average molecular weight is 534 g/mol. The second-order valence-corrected chi connectivity index (χ2v) is 11.2. The molecule has 0 heterocycles. The predicted molar refractivity (Wildman–Crippen MR) is 137 cm³/mol. The minimum Gasteiger partial charge on any atom is -0.440 e. The zero-order valence-electron chi connectivity index (χ0n) is 23.0. The number of hydrogen-bond acceptors (Lipinski definition) is 8. The van der Waals surface area contributed by atoms with Crippen LogP contribution in [0.3, 0.4) is 0 Å². The van der Waals surface area contributed by atoms with E-state index >= 15 is 0 Å². The van der Waals surface area contributed by atoms with Gasteiger partial charge in [0.25, 0.3) is 0 Å². The van der Waals surface area contributed by atoms with Gasteiger partial charge in [0.1, 0.15) is 11.7 Å². The van der Waals surface area contributed by atoms with Crippen molar-refractivity contribution in [3.8, 4) is 0 Å². The zero-order valence-corrected chi connectivity index (χ0v) is 23.0. The van der Waals surface area contributed by atoms with Crippen LogP contribution in [0.2, 0.25) is 0 Å². The molecule has 0 aromatic rings. The first kappa shape index (κ1) is 29.3. The Morgan fingerprint density at radius 3 is 2.21 bits per heavy atom. The summed E-state index contributed by atoms with van der Waals surface area (Å²) in [5, 5.41) is 15.8. The number of hydrogen-bond donors (Lipinski definition) is 4. The van der Waals surface area contributed by atoms with Crippen LogP contribution in [0.15, 0.2) is 22.8 Å². The standard InChI is InChI=1S/C26H39N5O7/c1-15-20-16(21(35)25(4,37)26(15)7-8-26)11-24(2,3)22(20)38-23(36)31(6)10-9-30(5)19(34)14-29-18(33)13-28-17(32)12-27/h11,22,37H,7-10,12-14,27H2,1-6H3,(H,28,32)(H,29,33)/t22-,25+/m1/s1. The first-order valence-corrected chi connectivity index (χ1v) is 12.7. The number of ketones is 1. The van der Waals surface area contributed by atoms with Gasteiger partial charge in [-0.3, -0.25) is 19.2 Å². The number of amides is 4. The third-order valence-electron chi connectivity index (χ3n) is 8.03. The molecule has 1 fully saturated rings. The maximum atomic E-state index is 13.2. The van der Waals surface area contributed by atoms with Crippen molar-refractivity contribution in [3.63, 3.8) is 0 Å². The Bertz CT molecular complexity index is 1100. The van der Waals surface area contributed by atoms with Gasteiger partial charge in [0.2, 0.25) is 17.7 Å². The van der Waals surface area contributed by atoms with Crippen LogP contribution in [0, 0.1) is 10.8 Å². The van der Waals surface area contributed by atoms with Gasteiger partial charge < -0.3 is 36.0 Å². The molecule has 1 saturated carbocycles. The molecule has 3 aliphatic carbocycles. The Kier molecular flexibility index (Phi) is 8.09. The molecule has 1 spiro atoms. The van der Waals surface area contributed by atoms with E-state index in [2.05, 4.69) is 10.6 Å². The molecule has 5 N–H and O–H groups in total. The summed E-state index contributed by atoms with van der Waals surface area (Å²) in [6.07, 6.45) is 1.92. The quantitative estimate of drug-likeness (QED) is 0.306. The molecular weight excluding hydrogens is 494 g/mol. The third-order valence-corrected chi connectivity index (χ3v) is 8.03. The van der Waals surface area contributed by atoms with E-state index in [0.29, 0.717) is 24.0 Å². The number of carbonyl (C=O) groups is 5. The molecule has 12 nitrogen and oxygen atoms in total. The molecule has 12 heteroatoms. The first-order chi connectivity index (χ1) is 17.6. The number of rotatable bonds is 9. The first-order valence-electron chi connectivity index (χ1n) is 12.7. The van der Waals surface area contributed by atoms with Crippen molar-refractivity contribution in [2.24, 2.45) is 16.6 Å². The van der Waals surface area contributed by atoms with Gasteiger partial charge in [0, 0.05) is 49.2 Å². The highest BCUT2D eigenvalue weighted by atomic mass is 16.6. The van der Waals surface area contributed by atoms with Crippen molar-refractivity contribution in [2.45, 2.75) is 52.2 Å². The molecule has 38 heavy (non-hydrogen) atoms. The van der Waals surface area contributed by atoms with E-state index in [-0.39, 0.29) is 44.4 Å². The fourth-order valence-electron chi connectivity index (χ4n) is 5.25. The van der Waals surface area contributed by atoms with E-state index in [0.717, 1.165) is 5.57 Å². The van der Waals surface area contributed by atoms with Crippen molar-refractivity contribution in [3.05, 3.63) is 22.8 Å². The summed E-state index contributed by atoms with van der Waals surface area (Å²) < 4.78 is 5.93. The number of fused-ring (bicyclic) bond motifs is 1. The van der Waals surface area contributed by atoms with Gasteiger partial charge in [-0.25, -0.2) is 4.79 Å². The van der Waals surface area contributed by atoms with Crippen molar-refractivity contribution < 1.29 is 33.8 Å². The molecule has 0 aromatic carbocycles. The second-order valence-electron chi connectivity index (χ2n) is 11.2. The summed E-state index contributed by atoms with van der Waals surface area (Å²) >= 11 is 0. The van der Waals surface area contributed by atoms with Crippen molar-refractivity contribution in [1.82, 2.24) is 20.4 Å². The van der Waals surface area contributed by atoms with Crippen molar-refractivity contribution >= 4 is 29.6 Å². The SMILES string of the molecule is CC1=C2C(=CC(C)(C)[C@@H]2OC(=O)N(C)CCN(C)C(=O)CNC(=O)CNC(=O)CN)C(=O)[C@](C)(O)C12CC2. The highest BCUT2D eigenvalue weighted by Gasteiger charge is 2.66. The van der Waals surface area contributed by atoms with Gasteiger partial charge in [-0.1, -0.05) is 25.5 Å². The minimum atomic E-state index is -1.48. The number of nitrogens with one attached hydrogen (secondary N) is 2. The van der Waals surface area contributed by atoms with E-state index in [1.54, 1.807) is 27.1 Å².